The third-order valence-corrected chi connectivity index (χ3v) is 2.17. The second-order valence-electron chi connectivity index (χ2n) is 3.74. The summed E-state index contributed by atoms with van der Waals surface area (Å²) < 4.78 is 10.8. The number of hydrogen-bond donors (Lipinski definition) is 0. The van der Waals surface area contributed by atoms with Crippen molar-refractivity contribution in [1.82, 2.24) is 15.0 Å². The molecule has 0 radical (unpaired) electrons. The van der Waals surface area contributed by atoms with Crippen molar-refractivity contribution < 1.29 is 9.47 Å². The second kappa shape index (κ2) is 7.27. The summed E-state index contributed by atoms with van der Waals surface area (Å²) in [4.78, 5) is 11.8. The molecule has 0 N–H and O–H groups in total. The number of hydrogen-bond acceptors (Lipinski definition) is 5. The molecular weight excluding hydrogens is 242 g/mol. The topological polar surface area (TPSA) is 57.1 Å². The molecule has 1 aromatic heterocycles. The summed E-state index contributed by atoms with van der Waals surface area (Å²) in [6.45, 7) is 6.61. The molecule has 1 unspecified atom stereocenters. The Kier molecular flexibility index (Phi) is 5.97. The van der Waals surface area contributed by atoms with Crippen LogP contribution in [0.2, 0.25) is 5.28 Å². The van der Waals surface area contributed by atoms with E-state index in [0.29, 0.717) is 6.61 Å². The van der Waals surface area contributed by atoms with Crippen molar-refractivity contribution in [3.05, 3.63) is 5.28 Å². The molecule has 0 fully saturated rings. The molecule has 6 heteroatoms. The van der Waals surface area contributed by atoms with Gasteiger partial charge in [0.2, 0.25) is 5.28 Å². The van der Waals surface area contributed by atoms with E-state index in [-0.39, 0.29) is 23.4 Å². The molecule has 0 aromatic carbocycles. The van der Waals surface area contributed by atoms with E-state index in [2.05, 4.69) is 21.9 Å². The first-order valence-corrected chi connectivity index (χ1v) is 6.24. The standard InChI is InChI=1S/C11H18ClN3O2/c1-4-6-8(3)17-11-14-9(12)13-10(15-11)16-7-5-2/h8H,4-7H2,1-3H3. The van der Waals surface area contributed by atoms with E-state index in [0.717, 1.165) is 19.3 Å². The van der Waals surface area contributed by atoms with Crippen LogP contribution in [0, 0.1) is 0 Å². The molecule has 0 spiro atoms. The third kappa shape index (κ3) is 5.17. The number of rotatable bonds is 7. The highest BCUT2D eigenvalue weighted by Gasteiger charge is 2.10. The minimum Gasteiger partial charge on any atom is -0.463 e. The largest absolute Gasteiger partial charge is 0.463 e. The van der Waals surface area contributed by atoms with Crippen molar-refractivity contribution in [2.75, 3.05) is 6.61 Å². The number of aromatic nitrogens is 3. The average Bonchev–Trinajstić information content (AvgIpc) is 2.25. The molecule has 0 aliphatic rings. The van der Waals surface area contributed by atoms with Gasteiger partial charge < -0.3 is 9.47 Å². The predicted octanol–water partition coefficient (Wildman–Crippen LogP) is 2.88. The Morgan fingerprint density at radius 3 is 2.47 bits per heavy atom. The maximum Gasteiger partial charge on any atom is 0.324 e. The van der Waals surface area contributed by atoms with Crippen molar-refractivity contribution in [3.63, 3.8) is 0 Å². The van der Waals surface area contributed by atoms with Crippen molar-refractivity contribution in [2.45, 2.75) is 46.1 Å². The van der Waals surface area contributed by atoms with Crippen LogP contribution in [0.3, 0.4) is 0 Å². The van der Waals surface area contributed by atoms with Crippen LogP contribution < -0.4 is 9.47 Å². The van der Waals surface area contributed by atoms with Gasteiger partial charge in [0.1, 0.15) is 0 Å². The van der Waals surface area contributed by atoms with Gasteiger partial charge in [-0.3, -0.25) is 0 Å². The summed E-state index contributed by atoms with van der Waals surface area (Å²) in [5.41, 5.74) is 0. The van der Waals surface area contributed by atoms with Crippen LogP contribution in [0.15, 0.2) is 0 Å². The zero-order valence-corrected chi connectivity index (χ0v) is 11.2. The van der Waals surface area contributed by atoms with Crippen molar-refractivity contribution >= 4 is 11.6 Å². The average molecular weight is 260 g/mol. The fourth-order valence-electron chi connectivity index (χ4n) is 1.27. The van der Waals surface area contributed by atoms with Gasteiger partial charge in [-0.15, -0.1) is 4.98 Å². The first-order chi connectivity index (χ1) is 8.15. The monoisotopic (exact) mass is 259 g/mol. The minimum atomic E-state index is 0.0532. The quantitative estimate of drug-likeness (QED) is 0.754. The van der Waals surface area contributed by atoms with E-state index < -0.39 is 0 Å². The van der Waals surface area contributed by atoms with Crippen LogP contribution in [-0.4, -0.2) is 27.7 Å². The van der Waals surface area contributed by atoms with Gasteiger partial charge in [-0.1, -0.05) is 20.3 Å². The molecule has 1 heterocycles. The summed E-state index contributed by atoms with van der Waals surface area (Å²) in [7, 11) is 0. The minimum absolute atomic E-state index is 0.0532. The highest BCUT2D eigenvalue weighted by Crippen LogP contribution is 2.15. The number of halogens is 1. The van der Waals surface area contributed by atoms with Gasteiger partial charge in [-0.25, -0.2) is 0 Å². The summed E-state index contributed by atoms with van der Waals surface area (Å²) >= 11 is 5.77. The fourth-order valence-corrected chi connectivity index (χ4v) is 1.42. The molecule has 5 nitrogen and oxygen atoms in total. The molecule has 0 aliphatic carbocycles. The Hall–Kier alpha value is -1.10. The first kappa shape index (κ1) is 14.0. The Bertz CT molecular complexity index is 349. The lowest BCUT2D eigenvalue weighted by Crippen LogP contribution is -2.14. The van der Waals surface area contributed by atoms with Gasteiger partial charge in [0.15, 0.2) is 0 Å². The van der Waals surface area contributed by atoms with Crippen LogP contribution in [0.4, 0.5) is 0 Å². The summed E-state index contributed by atoms with van der Waals surface area (Å²) in [5, 5.41) is 0.0878. The molecule has 0 aliphatic heterocycles. The highest BCUT2D eigenvalue weighted by molar-refractivity contribution is 6.28. The van der Waals surface area contributed by atoms with Crippen LogP contribution >= 0.6 is 11.6 Å². The van der Waals surface area contributed by atoms with Crippen LogP contribution in [0.25, 0.3) is 0 Å². The van der Waals surface area contributed by atoms with E-state index in [1.54, 1.807) is 0 Å². The fraction of sp³-hybridized carbons (Fsp3) is 0.727. The van der Waals surface area contributed by atoms with E-state index in [1.165, 1.54) is 0 Å². The molecular formula is C11H18ClN3O2. The molecule has 1 rings (SSSR count). The van der Waals surface area contributed by atoms with Gasteiger partial charge >= 0.3 is 12.0 Å². The maximum absolute atomic E-state index is 5.77. The van der Waals surface area contributed by atoms with Gasteiger partial charge in [0.05, 0.1) is 12.7 Å². The van der Waals surface area contributed by atoms with E-state index >= 15 is 0 Å². The lowest BCUT2D eigenvalue weighted by Gasteiger charge is -2.12. The Labute approximate surface area is 107 Å². The van der Waals surface area contributed by atoms with Crippen molar-refractivity contribution in [3.8, 4) is 12.0 Å². The van der Waals surface area contributed by atoms with Gasteiger partial charge in [0, 0.05) is 0 Å². The zero-order valence-electron chi connectivity index (χ0n) is 10.4. The molecule has 0 bridgehead atoms. The van der Waals surface area contributed by atoms with E-state index in [4.69, 9.17) is 21.1 Å². The van der Waals surface area contributed by atoms with Crippen molar-refractivity contribution in [2.24, 2.45) is 0 Å². The lowest BCUT2D eigenvalue weighted by atomic mass is 10.2. The smallest absolute Gasteiger partial charge is 0.324 e. The van der Waals surface area contributed by atoms with Crippen molar-refractivity contribution in [1.29, 1.82) is 0 Å². The summed E-state index contributed by atoms with van der Waals surface area (Å²) in [6, 6.07) is 0.433. The first-order valence-electron chi connectivity index (χ1n) is 5.86. The molecule has 0 saturated carbocycles. The normalized spacial score (nSPS) is 12.2. The van der Waals surface area contributed by atoms with Crippen LogP contribution in [0.5, 0.6) is 12.0 Å². The summed E-state index contributed by atoms with van der Waals surface area (Å²) in [5.74, 6) is 0. The number of nitrogens with zero attached hydrogens (tertiary/aromatic N) is 3. The molecule has 96 valence electrons. The second-order valence-corrected chi connectivity index (χ2v) is 4.07. The highest BCUT2D eigenvalue weighted by atomic mass is 35.5. The van der Waals surface area contributed by atoms with Gasteiger partial charge in [0.25, 0.3) is 0 Å². The Morgan fingerprint density at radius 1 is 1.12 bits per heavy atom. The van der Waals surface area contributed by atoms with Crippen LogP contribution in [-0.2, 0) is 0 Å². The lowest BCUT2D eigenvalue weighted by molar-refractivity contribution is 0.186. The SMILES string of the molecule is CCCOc1nc(Cl)nc(OC(C)CCC)n1. The maximum atomic E-state index is 5.77. The zero-order chi connectivity index (χ0) is 12.7. The predicted molar refractivity (Wildman–Crippen MR) is 65.6 cm³/mol. The van der Waals surface area contributed by atoms with E-state index in [1.807, 2.05) is 13.8 Å². The third-order valence-electron chi connectivity index (χ3n) is 2.00. The Morgan fingerprint density at radius 2 is 1.82 bits per heavy atom. The van der Waals surface area contributed by atoms with Gasteiger partial charge in [-0.2, -0.15) is 9.97 Å². The molecule has 0 saturated heterocycles. The van der Waals surface area contributed by atoms with E-state index in [9.17, 15) is 0 Å². The Balaban J connectivity index is 2.67. The molecule has 1 atom stereocenters. The molecule has 1 aromatic rings. The molecule has 17 heavy (non-hydrogen) atoms. The van der Waals surface area contributed by atoms with Gasteiger partial charge in [-0.05, 0) is 31.4 Å². The summed E-state index contributed by atoms with van der Waals surface area (Å²) in [6.07, 6.45) is 2.91. The molecule has 0 amide bonds. The number of ether oxygens (including phenoxy) is 2. The van der Waals surface area contributed by atoms with Crippen LogP contribution in [0.1, 0.15) is 40.0 Å².